The van der Waals surface area contributed by atoms with E-state index in [1.807, 2.05) is 0 Å². The molecule has 0 aliphatic carbocycles. The minimum absolute atomic E-state index is 0.334. The van der Waals surface area contributed by atoms with E-state index in [2.05, 4.69) is 20.8 Å². The third kappa shape index (κ3) is 1.48. The van der Waals surface area contributed by atoms with Crippen molar-refractivity contribution < 1.29 is 4.79 Å². The summed E-state index contributed by atoms with van der Waals surface area (Å²) in [5, 5.41) is 13.3. The highest BCUT2D eigenvalue weighted by Gasteiger charge is 2.09. The number of thioether (sulfide) groups is 1. The topological polar surface area (TPSA) is 72.7 Å². The molecule has 1 aromatic rings. The number of nitrogens with zero attached hydrogens (tertiary/aromatic N) is 4. The highest BCUT2D eigenvalue weighted by atomic mass is 32.2. The first-order chi connectivity index (χ1) is 5.29. The van der Waals surface area contributed by atoms with Crippen LogP contribution in [-0.2, 0) is 0 Å². The largest absolute Gasteiger partial charge is 0.345 e. The van der Waals surface area contributed by atoms with Crippen molar-refractivity contribution in [3.05, 3.63) is 0 Å². The number of tetrazole rings is 1. The van der Waals surface area contributed by atoms with Crippen molar-refractivity contribution in [1.29, 1.82) is 0 Å². The van der Waals surface area contributed by atoms with Gasteiger partial charge in [-0.15, -0.1) is 9.78 Å². The van der Waals surface area contributed by atoms with E-state index in [9.17, 15) is 4.79 Å². The van der Waals surface area contributed by atoms with E-state index >= 15 is 0 Å². The van der Waals surface area contributed by atoms with Crippen LogP contribution in [0.3, 0.4) is 0 Å². The fourth-order valence-electron chi connectivity index (χ4n) is 0.540. The van der Waals surface area contributed by atoms with Crippen molar-refractivity contribution in [3.63, 3.8) is 0 Å². The van der Waals surface area contributed by atoms with Crippen molar-refractivity contribution in [2.24, 2.45) is 0 Å². The molecular weight excluding hydrogens is 166 g/mol. The molecule has 0 aliphatic heterocycles. The molecule has 1 heterocycles. The molecule has 0 spiro atoms. The first-order valence-corrected chi connectivity index (χ1v) is 4.06. The average molecular weight is 173 g/mol. The Labute approximate surface area is 67.3 Å². The molecular formula is C4H7N5OS. The van der Waals surface area contributed by atoms with Crippen LogP contribution in [0.2, 0.25) is 0 Å². The first kappa shape index (κ1) is 7.99. The van der Waals surface area contributed by atoms with E-state index in [0.717, 1.165) is 4.68 Å². The van der Waals surface area contributed by atoms with Crippen molar-refractivity contribution in [3.8, 4) is 0 Å². The van der Waals surface area contributed by atoms with Gasteiger partial charge in [0, 0.05) is 7.05 Å². The van der Waals surface area contributed by atoms with Gasteiger partial charge in [-0.25, -0.2) is 4.79 Å². The Morgan fingerprint density at radius 3 is 3.00 bits per heavy atom. The van der Waals surface area contributed by atoms with Crippen LogP contribution in [0.1, 0.15) is 0 Å². The first-order valence-electron chi connectivity index (χ1n) is 2.84. The molecule has 1 aromatic heterocycles. The average Bonchev–Trinajstić information content (AvgIpc) is 2.50. The Bertz CT molecular complexity index is 259. The molecule has 1 amide bonds. The number of nitrogens with one attached hydrogen (secondary N) is 1. The van der Waals surface area contributed by atoms with E-state index in [1.165, 1.54) is 18.8 Å². The number of amides is 1. The minimum atomic E-state index is -0.334. The molecule has 0 aliphatic rings. The summed E-state index contributed by atoms with van der Waals surface area (Å²) in [6, 6.07) is -0.334. The Hall–Kier alpha value is -1.11. The maximum atomic E-state index is 11.0. The predicted molar refractivity (Wildman–Crippen MR) is 39.5 cm³/mol. The summed E-state index contributed by atoms with van der Waals surface area (Å²) < 4.78 is 1.10. The van der Waals surface area contributed by atoms with Crippen LogP contribution < -0.4 is 5.32 Å². The maximum Gasteiger partial charge on any atom is 0.345 e. The van der Waals surface area contributed by atoms with E-state index < -0.39 is 0 Å². The number of hydrogen-bond acceptors (Lipinski definition) is 5. The third-order valence-electron chi connectivity index (χ3n) is 1.03. The second kappa shape index (κ2) is 3.33. The number of carbonyl (C=O) groups excluding carboxylic acids is 1. The summed E-state index contributed by atoms with van der Waals surface area (Å²) in [5.74, 6) is 0. The summed E-state index contributed by atoms with van der Waals surface area (Å²) >= 11 is 1.31. The van der Waals surface area contributed by atoms with Gasteiger partial charge in [0.25, 0.3) is 0 Å². The lowest BCUT2D eigenvalue weighted by atomic mass is 10.9. The predicted octanol–water partition coefficient (Wildman–Crippen LogP) is -0.418. The highest BCUT2D eigenvalue weighted by Crippen LogP contribution is 2.06. The van der Waals surface area contributed by atoms with Crippen molar-refractivity contribution in [1.82, 2.24) is 25.5 Å². The smallest absolute Gasteiger partial charge is 0.339 e. The van der Waals surface area contributed by atoms with E-state index in [1.54, 1.807) is 6.26 Å². The number of hydrogen-bond donors (Lipinski definition) is 1. The van der Waals surface area contributed by atoms with Gasteiger partial charge in [0.05, 0.1) is 0 Å². The van der Waals surface area contributed by atoms with Crippen LogP contribution in [0, 0.1) is 0 Å². The molecule has 0 unspecified atom stereocenters. The third-order valence-corrected chi connectivity index (χ3v) is 1.65. The van der Waals surface area contributed by atoms with Gasteiger partial charge < -0.3 is 5.32 Å². The normalized spacial score (nSPS) is 9.64. The lowest BCUT2D eigenvalue weighted by Gasteiger charge is -1.97. The van der Waals surface area contributed by atoms with Gasteiger partial charge in [-0.2, -0.15) is 0 Å². The van der Waals surface area contributed by atoms with E-state index in [4.69, 9.17) is 0 Å². The van der Waals surface area contributed by atoms with E-state index in [0.29, 0.717) is 5.16 Å². The van der Waals surface area contributed by atoms with Crippen molar-refractivity contribution >= 4 is 17.8 Å². The lowest BCUT2D eigenvalue weighted by molar-refractivity contribution is 0.239. The van der Waals surface area contributed by atoms with Crippen molar-refractivity contribution in [2.45, 2.75) is 5.16 Å². The number of rotatable bonds is 1. The zero-order chi connectivity index (χ0) is 8.27. The molecule has 0 atom stereocenters. The van der Waals surface area contributed by atoms with Gasteiger partial charge in [0.1, 0.15) is 0 Å². The molecule has 1 N–H and O–H groups in total. The van der Waals surface area contributed by atoms with Crippen LogP contribution >= 0.6 is 11.8 Å². The molecule has 60 valence electrons. The Morgan fingerprint density at radius 2 is 2.45 bits per heavy atom. The molecule has 6 nitrogen and oxygen atoms in total. The fourth-order valence-corrected chi connectivity index (χ4v) is 0.950. The summed E-state index contributed by atoms with van der Waals surface area (Å²) in [6.45, 7) is 0. The SMILES string of the molecule is CNC(=O)n1nnnc1SC. The quantitative estimate of drug-likeness (QED) is 0.461. The number of aromatic nitrogens is 4. The number of carbonyl (C=O) groups is 1. The second-order valence-corrected chi connectivity index (χ2v) is 2.41. The van der Waals surface area contributed by atoms with Gasteiger partial charge in [-0.3, -0.25) is 0 Å². The van der Waals surface area contributed by atoms with Gasteiger partial charge in [-0.1, -0.05) is 11.8 Å². The van der Waals surface area contributed by atoms with E-state index in [-0.39, 0.29) is 6.03 Å². The summed E-state index contributed by atoms with van der Waals surface area (Å²) in [5.41, 5.74) is 0. The molecule has 0 radical (unpaired) electrons. The van der Waals surface area contributed by atoms with Gasteiger partial charge in [-0.05, 0) is 16.7 Å². The standard InChI is InChI=1S/C4H7N5OS/c1-5-3(10)9-4(11-2)6-7-8-9/h1-2H3,(H,5,10). The van der Waals surface area contributed by atoms with Crippen LogP contribution in [0.4, 0.5) is 4.79 Å². The lowest BCUT2D eigenvalue weighted by Crippen LogP contribution is -2.26. The Balaban J connectivity index is 2.92. The molecule has 0 bridgehead atoms. The molecule has 7 heteroatoms. The molecule has 0 fully saturated rings. The summed E-state index contributed by atoms with van der Waals surface area (Å²) in [7, 11) is 1.52. The molecule has 1 rings (SSSR count). The summed E-state index contributed by atoms with van der Waals surface area (Å²) in [4.78, 5) is 11.0. The monoisotopic (exact) mass is 173 g/mol. The Morgan fingerprint density at radius 1 is 1.73 bits per heavy atom. The minimum Gasteiger partial charge on any atom is -0.339 e. The zero-order valence-corrected chi connectivity index (χ0v) is 6.92. The van der Waals surface area contributed by atoms with Crippen LogP contribution in [-0.4, -0.2) is 39.5 Å². The Kier molecular flexibility index (Phi) is 2.42. The van der Waals surface area contributed by atoms with Crippen LogP contribution in [0.15, 0.2) is 5.16 Å². The summed E-state index contributed by atoms with van der Waals surface area (Å²) in [6.07, 6.45) is 1.80. The zero-order valence-electron chi connectivity index (χ0n) is 6.11. The highest BCUT2D eigenvalue weighted by molar-refractivity contribution is 7.98. The molecule has 11 heavy (non-hydrogen) atoms. The van der Waals surface area contributed by atoms with Crippen LogP contribution in [0.5, 0.6) is 0 Å². The molecule has 0 saturated carbocycles. The van der Waals surface area contributed by atoms with Crippen molar-refractivity contribution in [2.75, 3.05) is 13.3 Å². The van der Waals surface area contributed by atoms with Gasteiger partial charge >= 0.3 is 6.03 Å². The fraction of sp³-hybridized carbons (Fsp3) is 0.500. The molecule has 0 saturated heterocycles. The van der Waals surface area contributed by atoms with Gasteiger partial charge in [0.2, 0.25) is 5.16 Å². The van der Waals surface area contributed by atoms with Crippen LogP contribution in [0.25, 0.3) is 0 Å². The van der Waals surface area contributed by atoms with Gasteiger partial charge in [0.15, 0.2) is 0 Å². The maximum absolute atomic E-state index is 11.0. The molecule has 0 aromatic carbocycles. The second-order valence-electron chi connectivity index (χ2n) is 1.63.